The van der Waals surface area contributed by atoms with Crippen LogP contribution in [-0.4, -0.2) is 24.2 Å². The summed E-state index contributed by atoms with van der Waals surface area (Å²) in [5, 5.41) is 9.17. The van der Waals surface area contributed by atoms with Crippen LogP contribution in [0.5, 0.6) is 0 Å². The Kier molecular flexibility index (Phi) is 5.61. The predicted octanol–water partition coefficient (Wildman–Crippen LogP) is 3.79. The molecule has 0 aliphatic rings. The van der Waals surface area contributed by atoms with Crippen LogP contribution < -0.4 is 4.90 Å². The highest BCUT2D eigenvalue weighted by atomic mass is 16.4. The molecule has 3 heteroatoms. The van der Waals surface area contributed by atoms with Gasteiger partial charge in [0.1, 0.15) is 0 Å². The molecule has 1 rings (SSSR count). The minimum Gasteiger partial charge on any atom is -0.481 e. The van der Waals surface area contributed by atoms with E-state index in [0.29, 0.717) is 12.5 Å². The highest BCUT2D eigenvalue weighted by molar-refractivity contribution is 5.71. The summed E-state index contributed by atoms with van der Waals surface area (Å²) in [7, 11) is 0. The van der Waals surface area contributed by atoms with E-state index >= 15 is 0 Å². The van der Waals surface area contributed by atoms with Gasteiger partial charge in [0.05, 0.1) is 5.92 Å². The Morgan fingerprint density at radius 2 is 1.60 bits per heavy atom. The summed E-state index contributed by atoms with van der Waals surface area (Å²) < 4.78 is 0. The van der Waals surface area contributed by atoms with Crippen molar-refractivity contribution in [2.75, 3.05) is 18.0 Å². The van der Waals surface area contributed by atoms with Gasteiger partial charge in [0.2, 0.25) is 0 Å². The van der Waals surface area contributed by atoms with Gasteiger partial charge in [0.15, 0.2) is 0 Å². The smallest absolute Gasteiger partial charge is 0.308 e. The van der Waals surface area contributed by atoms with Crippen molar-refractivity contribution in [3.8, 4) is 0 Å². The van der Waals surface area contributed by atoms with E-state index in [4.69, 9.17) is 5.11 Å². The average Bonchev–Trinajstić information content (AvgIpc) is 2.25. The van der Waals surface area contributed by atoms with E-state index in [9.17, 15) is 4.79 Å². The summed E-state index contributed by atoms with van der Waals surface area (Å²) in [5.41, 5.74) is 4.89. The summed E-state index contributed by atoms with van der Waals surface area (Å²) in [4.78, 5) is 13.4. The molecule has 1 atom stereocenters. The Labute approximate surface area is 122 Å². The van der Waals surface area contributed by atoms with E-state index in [2.05, 4.69) is 51.7 Å². The Balaban J connectivity index is 3.14. The first-order valence-corrected chi connectivity index (χ1v) is 7.28. The molecule has 112 valence electrons. The molecule has 3 nitrogen and oxygen atoms in total. The second-order valence-electron chi connectivity index (χ2n) is 6.29. The third-order valence-corrected chi connectivity index (χ3v) is 3.45. The van der Waals surface area contributed by atoms with Crippen LogP contribution in [-0.2, 0) is 4.79 Å². The minimum absolute atomic E-state index is 0.367. The van der Waals surface area contributed by atoms with Crippen molar-refractivity contribution in [2.24, 2.45) is 11.8 Å². The van der Waals surface area contributed by atoms with Gasteiger partial charge in [-0.15, -0.1) is 0 Å². The molecular formula is C17H27NO2. The summed E-state index contributed by atoms with van der Waals surface area (Å²) >= 11 is 0. The van der Waals surface area contributed by atoms with Crippen molar-refractivity contribution in [2.45, 2.75) is 41.5 Å². The lowest BCUT2D eigenvalue weighted by molar-refractivity contribution is -0.140. The van der Waals surface area contributed by atoms with E-state index < -0.39 is 5.97 Å². The molecule has 0 aliphatic carbocycles. The van der Waals surface area contributed by atoms with Crippen LogP contribution in [0.2, 0.25) is 0 Å². The van der Waals surface area contributed by atoms with Crippen molar-refractivity contribution in [3.05, 3.63) is 28.8 Å². The number of hydrogen-bond donors (Lipinski definition) is 1. The van der Waals surface area contributed by atoms with Crippen LogP contribution in [0.1, 0.15) is 37.5 Å². The molecule has 0 aliphatic heterocycles. The van der Waals surface area contributed by atoms with Gasteiger partial charge in [-0.3, -0.25) is 4.79 Å². The molecule has 0 saturated heterocycles. The van der Waals surface area contributed by atoms with E-state index in [-0.39, 0.29) is 5.92 Å². The van der Waals surface area contributed by atoms with Gasteiger partial charge in [0, 0.05) is 18.8 Å². The number of benzene rings is 1. The van der Waals surface area contributed by atoms with Crippen LogP contribution in [0.25, 0.3) is 0 Å². The number of aryl methyl sites for hydroxylation is 3. The Morgan fingerprint density at radius 3 is 2.00 bits per heavy atom. The zero-order valence-corrected chi connectivity index (χ0v) is 13.5. The van der Waals surface area contributed by atoms with Crippen LogP contribution >= 0.6 is 0 Å². The first-order valence-electron chi connectivity index (χ1n) is 7.28. The number of carboxylic acid groups (broad SMARTS) is 1. The van der Waals surface area contributed by atoms with Crippen LogP contribution in [0.4, 0.5) is 5.69 Å². The van der Waals surface area contributed by atoms with E-state index in [0.717, 1.165) is 6.54 Å². The predicted molar refractivity (Wildman–Crippen MR) is 84.5 cm³/mol. The lowest BCUT2D eigenvalue weighted by Crippen LogP contribution is -2.35. The van der Waals surface area contributed by atoms with Gasteiger partial charge in [0.25, 0.3) is 0 Å². The molecule has 0 heterocycles. The maximum atomic E-state index is 11.1. The first-order chi connectivity index (χ1) is 9.22. The van der Waals surface area contributed by atoms with Gasteiger partial charge >= 0.3 is 5.97 Å². The topological polar surface area (TPSA) is 40.5 Å². The fraction of sp³-hybridized carbons (Fsp3) is 0.588. The zero-order valence-electron chi connectivity index (χ0n) is 13.5. The third-order valence-electron chi connectivity index (χ3n) is 3.45. The number of hydrogen-bond acceptors (Lipinski definition) is 2. The van der Waals surface area contributed by atoms with Crippen molar-refractivity contribution < 1.29 is 9.90 Å². The lowest BCUT2D eigenvalue weighted by Gasteiger charge is -2.31. The normalized spacial score (nSPS) is 12.6. The summed E-state index contributed by atoms with van der Waals surface area (Å²) in [6.45, 7) is 13.8. The molecule has 0 aromatic heterocycles. The molecule has 1 aromatic rings. The molecule has 1 unspecified atom stereocenters. The van der Waals surface area contributed by atoms with Crippen LogP contribution in [0, 0.1) is 32.6 Å². The molecule has 0 spiro atoms. The maximum absolute atomic E-state index is 11.1. The van der Waals surface area contributed by atoms with Gasteiger partial charge < -0.3 is 10.0 Å². The molecule has 1 N–H and O–H groups in total. The van der Waals surface area contributed by atoms with Crippen molar-refractivity contribution >= 4 is 11.7 Å². The number of rotatable bonds is 6. The van der Waals surface area contributed by atoms with Gasteiger partial charge in [-0.25, -0.2) is 0 Å². The molecule has 0 fully saturated rings. The molecular weight excluding hydrogens is 250 g/mol. The summed E-state index contributed by atoms with van der Waals surface area (Å²) in [6, 6.07) is 4.34. The minimum atomic E-state index is -0.735. The highest BCUT2D eigenvalue weighted by Gasteiger charge is 2.20. The monoisotopic (exact) mass is 277 g/mol. The van der Waals surface area contributed by atoms with E-state index in [1.165, 1.54) is 22.4 Å². The molecule has 0 amide bonds. The van der Waals surface area contributed by atoms with Crippen molar-refractivity contribution in [1.29, 1.82) is 0 Å². The van der Waals surface area contributed by atoms with Gasteiger partial charge in [-0.2, -0.15) is 0 Å². The van der Waals surface area contributed by atoms with Gasteiger partial charge in [-0.1, -0.05) is 38.5 Å². The average molecular weight is 277 g/mol. The SMILES string of the molecule is Cc1cc(C)c(N(CC(C)C)CC(C)C(=O)O)c(C)c1. The number of anilines is 1. The lowest BCUT2D eigenvalue weighted by atomic mass is 10.0. The largest absolute Gasteiger partial charge is 0.481 e. The van der Waals surface area contributed by atoms with Crippen molar-refractivity contribution in [3.63, 3.8) is 0 Å². The standard InChI is InChI=1S/C17H27NO2/c1-11(2)9-18(10-15(6)17(19)20)16-13(4)7-12(3)8-14(16)5/h7-8,11,15H,9-10H2,1-6H3,(H,19,20). The number of aliphatic carboxylic acids is 1. The molecule has 0 saturated carbocycles. The highest BCUT2D eigenvalue weighted by Crippen LogP contribution is 2.27. The molecule has 1 aromatic carbocycles. The second kappa shape index (κ2) is 6.78. The number of carboxylic acids is 1. The number of carbonyl (C=O) groups is 1. The Morgan fingerprint density at radius 1 is 1.10 bits per heavy atom. The van der Waals surface area contributed by atoms with Gasteiger partial charge in [-0.05, 0) is 37.8 Å². The maximum Gasteiger partial charge on any atom is 0.308 e. The quantitative estimate of drug-likeness (QED) is 0.860. The second-order valence-corrected chi connectivity index (χ2v) is 6.29. The Bertz CT molecular complexity index is 457. The zero-order chi connectivity index (χ0) is 15.4. The van der Waals surface area contributed by atoms with E-state index in [1.54, 1.807) is 6.92 Å². The number of nitrogens with zero attached hydrogens (tertiary/aromatic N) is 1. The van der Waals surface area contributed by atoms with E-state index in [1.807, 2.05) is 0 Å². The first kappa shape index (κ1) is 16.5. The molecule has 0 radical (unpaired) electrons. The summed E-state index contributed by atoms with van der Waals surface area (Å²) in [5.74, 6) is -0.605. The Hall–Kier alpha value is -1.51. The third kappa shape index (κ3) is 4.26. The van der Waals surface area contributed by atoms with Crippen molar-refractivity contribution in [1.82, 2.24) is 0 Å². The molecule has 20 heavy (non-hydrogen) atoms. The van der Waals surface area contributed by atoms with Crippen LogP contribution in [0.3, 0.4) is 0 Å². The summed E-state index contributed by atoms with van der Waals surface area (Å²) in [6.07, 6.45) is 0. The molecule has 0 bridgehead atoms. The van der Waals surface area contributed by atoms with Crippen LogP contribution in [0.15, 0.2) is 12.1 Å². The fourth-order valence-corrected chi connectivity index (χ4v) is 2.78. The fourth-order valence-electron chi connectivity index (χ4n) is 2.78.